The number of carbonyl (C=O) groups excluding carboxylic acids is 1. The first-order valence-electron chi connectivity index (χ1n) is 14.6. The number of ether oxygens (including phenoxy) is 2. The molecule has 6 nitrogen and oxygen atoms in total. The Kier molecular flexibility index (Phi) is 9.53. The number of H-pyrrole nitrogens is 1. The number of benzene rings is 2. The number of carbonyl (C=O) groups is 1. The monoisotopic (exact) mass is 633 g/mol. The van der Waals surface area contributed by atoms with Gasteiger partial charge in [0.05, 0.1) is 23.6 Å². The quantitative estimate of drug-likeness (QED) is 0.122. The van der Waals surface area contributed by atoms with Gasteiger partial charge in [0.15, 0.2) is 0 Å². The lowest BCUT2D eigenvalue weighted by atomic mass is 9.95. The number of thioether (sulfide) groups is 1. The summed E-state index contributed by atoms with van der Waals surface area (Å²) in [5.41, 5.74) is 3.63. The van der Waals surface area contributed by atoms with Gasteiger partial charge in [0, 0.05) is 44.2 Å². The molecule has 0 aliphatic heterocycles. The molecule has 234 valence electrons. The van der Waals surface area contributed by atoms with Gasteiger partial charge in [0.25, 0.3) is 0 Å². The largest absolute Gasteiger partial charge is 0.487 e. The van der Waals surface area contributed by atoms with E-state index >= 15 is 0 Å². The van der Waals surface area contributed by atoms with Gasteiger partial charge in [-0.25, -0.2) is 0 Å². The molecule has 0 radical (unpaired) electrons. The van der Waals surface area contributed by atoms with Crippen molar-refractivity contribution in [3.63, 3.8) is 0 Å². The maximum absolute atomic E-state index is 13.5. The van der Waals surface area contributed by atoms with Crippen LogP contribution in [-0.4, -0.2) is 32.3 Å². The van der Waals surface area contributed by atoms with E-state index < -0.39 is 17.7 Å². The molecule has 0 fully saturated rings. The number of hydrogen-bond acceptors (Lipinski definition) is 6. The van der Waals surface area contributed by atoms with Gasteiger partial charge in [-0.1, -0.05) is 51.1 Å². The van der Waals surface area contributed by atoms with Crippen LogP contribution in [0.4, 0.5) is 13.2 Å². The first kappa shape index (κ1) is 32.1. The highest BCUT2D eigenvalue weighted by atomic mass is 32.2. The summed E-state index contributed by atoms with van der Waals surface area (Å²) in [4.78, 5) is 26.3. The average molecular weight is 634 g/mol. The average Bonchev–Trinajstić information content (AvgIpc) is 3.35. The number of aromatic amines is 1. The van der Waals surface area contributed by atoms with Crippen LogP contribution in [0.3, 0.4) is 0 Å². The molecule has 10 heteroatoms. The molecule has 0 bridgehead atoms. The summed E-state index contributed by atoms with van der Waals surface area (Å²) in [6, 6.07) is 21.2. The fourth-order valence-corrected chi connectivity index (χ4v) is 6.08. The van der Waals surface area contributed by atoms with Crippen molar-refractivity contribution in [1.82, 2.24) is 15.0 Å². The number of esters is 1. The second kappa shape index (κ2) is 13.4. The third-order valence-corrected chi connectivity index (χ3v) is 8.23. The van der Waals surface area contributed by atoms with Gasteiger partial charge in [-0.2, -0.15) is 13.2 Å². The number of rotatable bonds is 10. The summed E-state index contributed by atoms with van der Waals surface area (Å²) < 4.78 is 50.4. The molecule has 1 N–H and O–H groups in total. The number of hydrogen-bond donors (Lipinski definition) is 1. The van der Waals surface area contributed by atoms with Gasteiger partial charge in [0.1, 0.15) is 18.3 Å². The molecule has 3 aromatic heterocycles. The molecule has 0 spiro atoms. The molecule has 2 aromatic carbocycles. The van der Waals surface area contributed by atoms with Crippen molar-refractivity contribution in [3.05, 3.63) is 108 Å². The van der Waals surface area contributed by atoms with Crippen molar-refractivity contribution in [2.75, 3.05) is 6.61 Å². The van der Waals surface area contributed by atoms with Gasteiger partial charge in [-0.3, -0.25) is 14.8 Å². The topological polar surface area (TPSA) is 77.1 Å². The molecular weight excluding hydrogens is 599 g/mol. The lowest BCUT2D eigenvalue weighted by Crippen LogP contribution is -2.20. The summed E-state index contributed by atoms with van der Waals surface area (Å²) in [7, 11) is 0. The summed E-state index contributed by atoms with van der Waals surface area (Å²) >= 11 is 1.67. The van der Waals surface area contributed by atoms with E-state index in [0.29, 0.717) is 30.0 Å². The SMILES string of the molecule is CCOC(=O)C(Cc1ccc(-c2ccc(C(F)(F)F)cn2)cc1)c1[nH]c2ccc(OCc3ccccn3)cc2c1SC(C)(C)C. The number of pyridine rings is 2. The van der Waals surface area contributed by atoms with Crippen LogP contribution in [0.15, 0.2) is 90.1 Å². The third kappa shape index (κ3) is 8.05. The van der Waals surface area contributed by atoms with Crippen LogP contribution in [0.5, 0.6) is 5.75 Å². The standard InChI is InChI=1S/C35H34F3N3O3S/c1-5-43-33(42)28(18-22-9-11-23(12-10-22)29-15-13-24(20-40-29)35(36,37)38)31-32(45-34(2,3)4)27-19-26(14-16-30(27)41-31)44-21-25-8-6-7-17-39-25/h6-17,19-20,28,41H,5,18,21H2,1-4H3. The highest BCUT2D eigenvalue weighted by Gasteiger charge is 2.32. The first-order valence-corrected chi connectivity index (χ1v) is 15.4. The van der Waals surface area contributed by atoms with Crippen molar-refractivity contribution in [1.29, 1.82) is 0 Å². The molecule has 5 rings (SSSR count). The molecule has 1 unspecified atom stereocenters. The lowest BCUT2D eigenvalue weighted by molar-refractivity contribution is -0.145. The van der Waals surface area contributed by atoms with E-state index in [2.05, 4.69) is 35.7 Å². The van der Waals surface area contributed by atoms with E-state index in [1.54, 1.807) is 37.0 Å². The Hall–Kier alpha value is -4.31. The van der Waals surface area contributed by atoms with Crippen LogP contribution in [0.2, 0.25) is 0 Å². The Labute approximate surface area is 264 Å². The summed E-state index contributed by atoms with van der Waals surface area (Å²) in [5.74, 6) is -0.287. The van der Waals surface area contributed by atoms with E-state index in [1.807, 2.05) is 48.5 Å². The first-order chi connectivity index (χ1) is 21.4. The molecule has 45 heavy (non-hydrogen) atoms. The number of fused-ring (bicyclic) bond motifs is 1. The summed E-state index contributed by atoms with van der Waals surface area (Å²) in [6.07, 6.45) is -1.53. The minimum Gasteiger partial charge on any atom is -0.487 e. The Bertz CT molecular complexity index is 1750. The minimum atomic E-state index is -4.45. The molecular formula is C35H34F3N3O3S. The normalized spacial score (nSPS) is 12.7. The Morgan fingerprint density at radius 3 is 2.38 bits per heavy atom. The minimum absolute atomic E-state index is 0.162. The molecule has 0 saturated carbocycles. The van der Waals surface area contributed by atoms with Crippen LogP contribution < -0.4 is 4.74 Å². The van der Waals surface area contributed by atoms with Crippen molar-refractivity contribution in [2.24, 2.45) is 0 Å². The Balaban J connectivity index is 1.47. The van der Waals surface area contributed by atoms with Crippen LogP contribution in [0, 0.1) is 0 Å². The van der Waals surface area contributed by atoms with E-state index in [9.17, 15) is 18.0 Å². The van der Waals surface area contributed by atoms with Gasteiger partial charge in [-0.05, 0) is 61.4 Å². The predicted molar refractivity (Wildman–Crippen MR) is 170 cm³/mol. The smallest absolute Gasteiger partial charge is 0.417 e. The van der Waals surface area contributed by atoms with Gasteiger partial charge in [0.2, 0.25) is 0 Å². The zero-order chi connectivity index (χ0) is 32.2. The second-order valence-electron chi connectivity index (χ2n) is 11.5. The van der Waals surface area contributed by atoms with Crippen molar-refractivity contribution in [2.45, 2.75) is 62.5 Å². The van der Waals surface area contributed by atoms with Crippen LogP contribution in [0.1, 0.15) is 56.1 Å². The van der Waals surface area contributed by atoms with Crippen molar-refractivity contribution in [3.8, 4) is 17.0 Å². The predicted octanol–water partition coefficient (Wildman–Crippen LogP) is 9.00. The fourth-order valence-electron chi connectivity index (χ4n) is 4.88. The highest BCUT2D eigenvalue weighted by molar-refractivity contribution is 8.00. The van der Waals surface area contributed by atoms with E-state index in [4.69, 9.17) is 9.47 Å². The zero-order valence-corrected chi connectivity index (χ0v) is 26.3. The molecule has 0 saturated heterocycles. The zero-order valence-electron chi connectivity index (χ0n) is 25.4. The lowest BCUT2D eigenvalue weighted by Gasteiger charge is -2.21. The van der Waals surface area contributed by atoms with Crippen molar-refractivity contribution >= 4 is 28.6 Å². The van der Waals surface area contributed by atoms with Crippen molar-refractivity contribution < 1.29 is 27.4 Å². The van der Waals surface area contributed by atoms with Gasteiger partial charge < -0.3 is 14.5 Å². The van der Waals surface area contributed by atoms with Crippen LogP contribution in [0.25, 0.3) is 22.2 Å². The second-order valence-corrected chi connectivity index (χ2v) is 13.4. The van der Waals surface area contributed by atoms with E-state index in [-0.39, 0.29) is 17.3 Å². The molecule has 0 amide bonds. The summed E-state index contributed by atoms with van der Waals surface area (Å²) in [6.45, 7) is 8.71. The Morgan fingerprint density at radius 2 is 1.76 bits per heavy atom. The molecule has 0 aliphatic carbocycles. The number of alkyl halides is 3. The van der Waals surface area contributed by atoms with Crippen LogP contribution >= 0.6 is 11.8 Å². The Morgan fingerprint density at radius 1 is 0.978 bits per heavy atom. The molecule has 1 atom stereocenters. The molecule has 0 aliphatic rings. The highest BCUT2D eigenvalue weighted by Crippen LogP contribution is 2.44. The van der Waals surface area contributed by atoms with E-state index in [0.717, 1.165) is 45.0 Å². The maximum atomic E-state index is 13.5. The van der Waals surface area contributed by atoms with Crippen LogP contribution in [-0.2, 0) is 28.7 Å². The van der Waals surface area contributed by atoms with Gasteiger partial charge in [-0.15, -0.1) is 11.8 Å². The van der Waals surface area contributed by atoms with E-state index in [1.165, 1.54) is 6.07 Å². The molecule has 5 aromatic rings. The molecule has 3 heterocycles. The number of nitrogens with zero attached hydrogens (tertiary/aromatic N) is 2. The number of nitrogens with one attached hydrogen (secondary N) is 1. The number of halogens is 3. The van der Waals surface area contributed by atoms with Gasteiger partial charge >= 0.3 is 12.1 Å². The maximum Gasteiger partial charge on any atom is 0.417 e. The number of aromatic nitrogens is 3. The third-order valence-electron chi connectivity index (χ3n) is 6.97. The fraction of sp³-hybridized carbons (Fsp3) is 0.286. The summed E-state index contributed by atoms with van der Waals surface area (Å²) in [5, 5.41) is 0.946.